The van der Waals surface area contributed by atoms with Crippen molar-refractivity contribution < 1.29 is 8.83 Å². The Morgan fingerprint density at radius 3 is 1.29 bits per heavy atom. The summed E-state index contributed by atoms with van der Waals surface area (Å²) >= 11 is 0. The quantitative estimate of drug-likeness (QED) is 0.121. The molecular weight excluding hydrogens is 779 g/mol. The molecule has 0 radical (unpaired) electrons. The number of aromatic nitrogens is 1. The lowest BCUT2D eigenvalue weighted by molar-refractivity contribution is 0.563. The Kier molecular flexibility index (Phi) is 10.2. The van der Waals surface area contributed by atoms with Crippen molar-refractivity contribution in [2.24, 2.45) is 0 Å². The Morgan fingerprint density at radius 1 is 0.413 bits per heavy atom. The van der Waals surface area contributed by atoms with E-state index < -0.39 is 0 Å². The molecule has 0 bridgehead atoms. The van der Waals surface area contributed by atoms with Gasteiger partial charge in [-0.3, -0.25) is 0 Å². The van der Waals surface area contributed by atoms with Crippen LogP contribution >= 0.6 is 0 Å². The fourth-order valence-corrected chi connectivity index (χ4v) is 9.14. The van der Waals surface area contributed by atoms with Crippen molar-refractivity contribution in [1.82, 2.24) is 4.57 Å². The second kappa shape index (κ2) is 16.3. The predicted octanol–water partition coefficient (Wildman–Crippen LogP) is 13.4. The molecule has 3 aromatic heterocycles. The number of benzene rings is 7. The van der Waals surface area contributed by atoms with Gasteiger partial charge in [-0.05, 0) is 146 Å². The maximum atomic E-state index is 13.5. The molecule has 3 heterocycles. The van der Waals surface area contributed by atoms with E-state index >= 15 is 0 Å². The summed E-state index contributed by atoms with van der Waals surface area (Å²) < 4.78 is 14.2. The summed E-state index contributed by atoms with van der Waals surface area (Å²) in [5.41, 5.74) is 12.5. The summed E-state index contributed by atoms with van der Waals surface area (Å²) in [5, 5.41) is 3.96. The first-order chi connectivity index (χ1) is 30.8. The molecule has 7 heteroatoms. The average molecular weight is 826 g/mol. The molecule has 0 saturated heterocycles. The fraction of sp³-hybridized carbons (Fsp3) is 0.143. The van der Waals surface area contributed by atoms with E-state index in [-0.39, 0.29) is 11.3 Å². The topological polar surface area (TPSA) is 71.8 Å². The minimum atomic E-state index is -0.361. The van der Waals surface area contributed by atoms with Gasteiger partial charge in [-0.1, -0.05) is 66.7 Å². The zero-order valence-corrected chi connectivity index (χ0v) is 35.9. The van der Waals surface area contributed by atoms with Crippen LogP contribution in [0.25, 0.3) is 93.9 Å². The maximum Gasteiger partial charge on any atom is 0.344 e. The predicted molar refractivity (Wildman–Crippen MR) is 262 cm³/mol. The summed E-state index contributed by atoms with van der Waals surface area (Å²) in [7, 11) is 0. The van der Waals surface area contributed by atoms with E-state index in [9.17, 15) is 9.59 Å². The minimum absolute atomic E-state index is 0.361. The van der Waals surface area contributed by atoms with Crippen molar-refractivity contribution in [2.75, 3.05) is 36.0 Å². The van der Waals surface area contributed by atoms with Gasteiger partial charge in [0.05, 0.1) is 22.2 Å². The molecule has 7 nitrogen and oxygen atoms in total. The molecule has 0 aliphatic heterocycles. The van der Waals surface area contributed by atoms with Crippen molar-refractivity contribution in [3.05, 3.63) is 185 Å². The molecule has 0 amide bonds. The van der Waals surface area contributed by atoms with Gasteiger partial charge in [0.25, 0.3) is 0 Å². The van der Waals surface area contributed by atoms with Crippen LogP contribution in [-0.2, 0) is 0 Å². The highest BCUT2D eigenvalue weighted by molar-refractivity contribution is 6.11. The van der Waals surface area contributed by atoms with Crippen LogP contribution in [-0.4, -0.2) is 30.7 Å². The van der Waals surface area contributed by atoms with Gasteiger partial charge in [0, 0.05) is 76.9 Å². The molecule has 0 spiro atoms. The van der Waals surface area contributed by atoms with Crippen LogP contribution in [0.2, 0.25) is 0 Å². The summed E-state index contributed by atoms with van der Waals surface area (Å²) in [6, 6.07) is 55.9. The van der Waals surface area contributed by atoms with Crippen LogP contribution in [0.5, 0.6) is 0 Å². The second-order valence-corrected chi connectivity index (χ2v) is 16.0. The monoisotopic (exact) mass is 825 g/mol. The Labute approximate surface area is 365 Å². The molecule has 310 valence electrons. The van der Waals surface area contributed by atoms with Gasteiger partial charge in [-0.25, -0.2) is 9.59 Å². The molecule has 7 aromatic carbocycles. The Bertz CT molecular complexity index is 3250. The standard InChI is InChI=1S/C56H47N3O4/c1-5-57(6-2)45-24-20-42-32-47(55(60)62-53(42)34-45)40-16-12-14-36(28-40)38-22-26-51-49(30-38)50-31-39(23-27-52(50)59(51)44-18-10-9-11-19-44)37-15-13-17-41(29-37)48-33-43-21-25-46(58(7-3)8-4)35-54(43)63-56(48)61/h9-35H,5-8H2,1-4H3. The van der Waals surface area contributed by atoms with Crippen molar-refractivity contribution in [3.63, 3.8) is 0 Å². The maximum absolute atomic E-state index is 13.5. The number of hydrogen-bond donors (Lipinski definition) is 0. The van der Waals surface area contributed by atoms with Crippen molar-refractivity contribution in [2.45, 2.75) is 27.7 Å². The first-order valence-electron chi connectivity index (χ1n) is 21.8. The molecule has 0 fully saturated rings. The highest BCUT2D eigenvalue weighted by atomic mass is 16.4. The van der Waals surface area contributed by atoms with E-state index in [2.05, 4.69) is 139 Å². The first kappa shape index (κ1) is 39.5. The molecule has 0 aliphatic rings. The molecule has 63 heavy (non-hydrogen) atoms. The second-order valence-electron chi connectivity index (χ2n) is 16.0. The van der Waals surface area contributed by atoms with E-state index in [0.717, 1.165) is 109 Å². The highest BCUT2D eigenvalue weighted by Crippen LogP contribution is 2.39. The number of fused-ring (bicyclic) bond motifs is 5. The van der Waals surface area contributed by atoms with E-state index in [1.165, 1.54) is 0 Å². The smallest absolute Gasteiger partial charge is 0.344 e. The molecule has 10 aromatic rings. The van der Waals surface area contributed by atoms with Crippen LogP contribution in [0.4, 0.5) is 11.4 Å². The number of anilines is 2. The van der Waals surface area contributed by atoms with Gasteiger partial charge >= 0.3 is 11.3 Å². The fourth-order valence-electron chi connectivity index (χ4n) is 9.14. The number of nitrogens with zero attached hydrogens (tertiary/aromatic N) is 3. The normalized spacial score (nSPS) is 11.6. The van der Waals surface area contributed by atoms with Crippen LogP contribution in [0.15, 0.2) is 182 Å². The highest BCUT2D eigenvalue weighted by Gasteiger charge is 2.17. The largest absolute Gasteiger partial charge is 0.422 e. The number of para-hydroxylation sites is 1. The minimum Gasteiger partial charge on any atom is -0.422 e. The van der Waals surface area contributed by atoms with Crippen molar-refractivity contribution in [3.8, 4) is 50.2 Å². The Hall–Kier alpha value is -7.64. The molecule has 0 aliphatic carbocycles. The van der Waals surface area contributed by atoms with Gasteiger partial charge in [0.1, 0.15) is 11.2 Å². The summed E-state index contributed by atoms with van der Waals surface area (Å²) in [6.45, 7) is 12.0. The number of rotatable bonds is 11. The lowest BCUT2D eigenvalue weighted by Gasteiger charge is -2.21. The third-order valence-corrected chi connectivity index (χ3v) is 12.5. The Morgan fingerprint density at radius 2 is 0.841 bits per heavy atom. The van der Waals surface area contributed by atoms with Crippen LogP contribution in [0.3, 0.4) is 0 Å². The van der Waals surface area contributed by atoms with Gasteiger partial charge in [-0.15, -0.1) is 0 Å². The average Bonchev–Trinajstić information content (AvgIpc) is 3.65. The molecule has 0 saturated carbocycles. The SMILES string of the molecule is CCN(CC)c1ccc2cc(-c3cccc(-c4ccc5c(c4)c4cc(-c6cccc(-c7cc8ccc(N(CC)CC)cc8oc7=O)c6)ccc4n5-c4ccccc4)c3)c(=O)oc2c1. The van der Waals surface area contributed by atoms with E-state index in [1.54, 1.807) is 0 Å². The summed E-state index contributed by atoms with van der Waals surface area (Å²) in [5.74, 6) is 0. The molecule has 0 N–H and O–H groups in total. The van der Waals surface area contributed by atoms with Crippen molar-refractivity contribution in [1.29, 1.82) is 0 Å². The van der Waals surface area contributed by atoms with Crippen molar-refractivity contribution >= 4 is 55.1 Å². The molecule has 0 unspecified atom stereocenters. The summed E-state index contributed by atoms with van der Waals surface area (Å²) in [6.07, 6.45) is 0. The van der Waals surface area contributed by atoms with E-state index in [4.69, 9.17) is 8.83 Å². The van der Waals surface area contributed by atoms with E-state index in [1.807, 2.05) is 66.7 Å². The van der Waals surface area contributed by atoms with Crippen LogP contribution in [0.1, 0.15) is 27.7 Å². The summed E-state index contributed by atoms with van der Waals surface area (Å²) in [4.78, 5) is 31.5. The van der Waals surface area contributed by atoms with Gasteiger partial charge in [-0.2, -0.15) is 0 Å². The molecule has 0 atom stereocenters. The third kappa shape index (κ3) is 7.15. The van der Waals surface area contributed by atoms with Crippen LogP contribution in [0, 0.1) is 0 Å². The molecule has 10 rings (SSSR count). The Balaban J connectivity index is 1.05. The lowest BCUT2D eigenvalue weighted by Crippen LogP contribution is -2.21. The van der Waals surface area contributed by atoms with Gasteiger partial charge in [0.2, 0.25) is 0 Å². The zero-order valence-electron chi connectivity index (χ0n) is 35.9. The first-order valence-corrected chi connectivity index (χ1v) is 21.8. The van der Waals surface area contributed by atoms with Gasteiger partial charge in [0.15, 0.2) is 0 Å². The number of hydrogen-bond acceptors (Lipinski definition) is 6. The molecular formula is C56H47N3O4. The van der Waals surface area contributed by atoms with E-state index in [0.29, 0.717) is 22.3 Å². The van der Waals surface area contributed by atoms with Gasteiger partial charge < -0.3 is 23.2 Å². The third-order valence-electron chi connectivity index (χ3n) is 12.5. The lowest BCUT2D eigenvalue weighted by atomic mass is 9.96. The zero-order chi connectivity index (χ0) is 43.2. The van der Waals surface area contributed by atoms with Crippen LogP contribution < -0.4 is 21.1 Å².